The molecule has 0 bridgehead atoms. The highest BCUT2D eigenvalue weighted by atomic mass is 35.5. The van der Waals surface area contributed by atoms with Crippen molar-refractivity contribution in [3.8, 4) is 0 Å². The summed E-state index contributed by atoms with van der Waals surface area (Å²) in [5.41, 5.74) is 7.79. The monoisotopic (exact) mass is 274 g/mol. The van der Waals surface area contributed by atoms with Crippen molar-refractivity contribution in [2.75, 3.05) is 5.73 Å². The second-order valence-corrected chi connectivity index (χ2v) is 4.81. The van der Waals surface area contributed by atoms with E-state index in [1.165, 1.54) is 0 Å². The highest BCUT2D eigenvalue weighted by Crippen LogP contribution is 2.17. The molecule has 0 aliphatic rings. The van der Waals surface area contributed by atoms with E-state index in [9.17, 15) is 4.79 Å². The Hall–Kier alpha value is -2.00. The van der Waals surface area contributed by atoms with Gasteiger partial charge in [-0.3, -0.25) is 4.79 Å². The zero-order valence-corrected chi connectivity index (χ0v) is 11.3. The number of halogens is 1. The number of rotatable bonds is 3. The van der Waals surface area contributed by atoms with E-state index >= 15 is 0 Å². The fourth-order valence-electron chi connectivity index (χ4n) is 1.79. The van der Waals surface area contributed by atoms with Gasteiger partial charge in [0.1, 0.15) is 0 Å². The Kier molecular flexibility index (Phi) is 4.07. The van der Waals surface area contributed by atoms with Gasteiger partial charge >= 0.3 is 0 Å². The van der Waals surface area contributed by atoms with Crippen molar-refractivity contribution < 1.29 is 4.79 Å². The molecule has 19 heavy (non-hydrogen) atoms. The third-order valence-electron chi connectivity index (χ3n) is 2.87. The van der Waals surface area contributed by atoms with Crippen LogP contribution in [0.4, 0.5) is 5.69 Å². The fourth-order valence-corrected chi connectivity index (χ4v) is 1.92. The van der Waals surface area contributed by atoms with E-state index in [0.29, 0.717) is 16.3 Å². The number of carbonyl (C=O) groups excluding carboxylic acids is 1. The molecule has 2 aromatic rings. The molecule has 0 aliphatic heterocycles. The first kappa shape index (κ1) is 13.4. The normalized spacial score (nSPS) is 11.9. The van der Waals surface area contributed by atoms with E-state index in [4.69, 9.17) is 17.3 Å². The van der Waals surface area contributed by atoms with E-state index in [1.807, 2.05) is 19.1 Å². The SMILES string of the molecule is C[C@H](NC(=O)c1cccc(N)c1)c1ccc(Cl)cc1. The summed E-state index contributed by atoms with van der Waals surface area (Å²) in [5, 5.41) is 3.60. The molecule has 0 spiro atoms. The maximum atomic E-state index is 12.1. The quantitative estimate of drug-likeness (QED) is 0.843. The molecule has 0 fully saturated rings. The fraction of sp³-hybridized carbons (Fsp3) is 0.133. The first-order valence-electron chi connectivity index (χ1n) is 5.98. The van der Waals surface area contributed by atoms with Gasteiger partial charge in [0.15, 0.2) is 0 Å². The van der Waals surface area contributed by atoms with Crippen LogP contribution in [-0.4, -0.2) is 5.91 Å². The lowest BCUT2D eigenvalue weighted by atomic mass is 10.1. The van der Waals surface area contributed by atoms with Crippen LogP contribution < -0.4 is 11.1 Å². The molecule has 0 heterocycles. The number of nitrogens with one attached hydrogen (secondary N) is 1. The summed E-state index contributed by atoms with van der Waals surface area (Å²) >= 11 is 5.83. The predicted molar refractivity (Wildman–Crippen MR) is 78.2 cm³/mol. The molecule has 3 nitrogen and oxygen atoms in total. The third-order valence-corrected chi connectivity index (χ3v) is 3.12. The molecule has 98 valence electrons. The van der Waals surface area contributed by atoms with Gasteiger partial charge in [-0.05, 0) is 42.8 Å². The minimum Gasteiger partial charge on any atom is -0.399 e. The summed E-state index contributed by atoms with van der Waals surface area (Å²) < 4.78 is 0. The Morgan fingerprint density at radius 1 is 1.21 bits per heavy atom. The van der Waals surface area contributed by atoms with Crippen molar-refractivity contribution in [1.82, 2.24) is 5.32 Å². The highest BCUT2D eigenvalue weighted by Gasteiger charge is 2.11. The van der Waals surface area contributed by atoms with Crippen LogP contribution in [0.3, 0.4) is 0 Å². The number of benzene rings is 2. The van der Waals surface area contributed by atoms with E-state index in [2.05, 4.69) is 5.32 Å². The Bertz CT molecular complexity index is 581. The predicted octanol–water partition coefficient (Wildman–Crippen LogP) is 3.41. The molecule has 0 aromatic heterocycles. The van der Waals surface area contributed by atoms with Crippen LogP contribution in [0.5, 0.6) is 0 Å². The topological polar surface area (TPSA) is 55.1 Å². The van der Waals surface area contributed by atoms with Crippen LogP contribution in [0.15, 0.2) is 48.5 Å². The van der Waals surface area contributed by atoms with Crippen molar-refractivity contribution in [3.63, 3.8) is 0 Å². The average Bonchev–Trinajstić information content (AvgIpc) is 2.39. The van der Waals surface area contributed by atoms with Crippen molar-refractivity contribution in [2.24, 2.45) is 0 Å². The van der Waals surface area contributed by atoms with Crippen molar-refractivity contribution in [1.29, 1.82) is 0 Å². The van der Waals surface area contributed by atoms with Gasteiger partial charge in [0.05, 0.1) is 6.04 Å². The average molecular weight is 275 g/mol. The van der Waals surface area contributed by atoms with Gasteiger partial charge in [-0.2, -0.15) is 0 Å². The van der Waals surface area contributed by atoms with Crippen LogP contribution in [0.2, 0.25) is 5.02 Å². The molecule has 0 saturated heterocycles. The van der Waals surface area contributed by atoms with Gasteiger partial charge < -0.3 is 11.1 Å². The second-order valence-electron chi connectivity index (χ2n) is 4.37. The zero-order valence-electron chi connectivity index (χ0n) is 10.6. The van der Waals surface area contributed by atoms with Gasteiger partial charge in [0.2, 0.25) is 0 Å². The molecule has 0 saturated carbocycles. The lowest BCUT2D eigenvalue weighted by Crippen LogP contribution is -2.26. The van der Waals surface area contributed by atoms with Crippen molar-refractivity contribution in [3.05, 3.63) is 64.7 Å². The minimum atomic E-state index is -0.144. The summed E-state index contributed by atoms with van der Waals surface area (Å²) in [6.45, 7) is 1.92. The standard InChI is InChI=1S/C15H15ClN2O/c1-10(11-5-7-13(16)8-6-11)18-15(19)12-3-2-4-14(17)9-12/h2-10H,17H2,1H3,(H,18,19)/t10-/m0/s1. The maximum absolute atomic E-state index is 12.1. The first-order valence-corrected chi connectivity index (χ1v) is 6.36. The molecule has 1 atom stereocenters. The largest absolute Gasteiger partial charge is 0.399 e. The van der Waals surface area contributed by atoms with Crippen LogP contribution in [0.1, 0.15) is 28.9 Å². The molecular formula is C15H15ClN2O. The molecule has 0 unspecified atom stereocenters. The molecule has 4 heteroatoms. The highest BCUT2D eigenvalue weighted by molar-refractivity contribution is 6.30. The summed E-state index contributed by atoms with van der Waals surface area (Å²) in [6, 6.07) is 14.2. The van der Waals surface area contributed by atoms with E-state index < -0.39 is 0 Å². The van der Waals surface area contributed by atoms with Crippen molar-refractivity contribution in [2.45, 2.75) is 13.0 Å². The van der Waals surface area contributed by atoms with E-state index in [0.717, 1.165) is 5.56 Å². The first-order chi connectivity index (χ1) is 9.06. The summed E-state index contributed by atoms with van der Waals surface area (Å²) in [6.07, 6.45) is 0. The molecule has 3 N–H and O–H groups in total. The van der Waals surface area contributed by atoms with Gasteiger partial charge in [-0.1, -0.05) is 29.8 Å². The number of amides is 1. The number of hydrogen-bond donors (Lipinski definition) is 2. The lowest BCUT2D eigenvalue weighted by Gasteiger charge is -2.14. The molecule has 0 aliphatic carbocycles. The number of hydrogen-bond acceptors (Lipinski definition) is 2. The van der Waals surface area contributed by atoms with E-state index in [-0.39, 0.29) is 11.9 Å². The van der Waals surface area contributed by atoms with Crippen LogP contribution in [0.25, 0.3) is 0 Å². The smallest absolute Gasteiger partial charge is 0.251 e. The summed E-state index contributed by atoms with van der Waals surface area (Å²) in [5.74, 6) is -0.144. The van der Waals surface area contributed by atoms with Crippen LogP contribution in [0, 0.1) is 0 Å². The Labute approximate surface area is 117 Å². The summed E-state index contributed by atoms with van der Waals surface area (Å²) in [4.78, 5) is 12.1. The molecule has 0 radical (unpaired) electrons. The van der Waals surface area contributed by atoms with Crippen LogP contribution in [-0.2, 0) is 0 Å². The molecular weight excluding hydrogens is 260 g/mol. The number of anilines is 1. The van der Waals surface area contributed by atoms with Gasteiger partial charge in [-0.25, -0.2) is 0 Å². The number of nitrogens with two attached hydrogens (primary N) is 1. The Balaban J connectivity index is 2.08. The second kappa shape index (κ2) is 5.76. The number of carbonyl (C=O) groups is 1. The zero-order chi connectivity index (χ0) is 13.8. The van der Waals surface area contributed by atoms with Gasteiger partial charge in [-0.15, -0.1) is 0 Å². The molecule has 2 aromatic carbocycles. The molecule has 1 amide bonds. The molecule has 2 rings (SSSR count). The van der Waals surface area contributed by atoms with Gasteiger partial charge in [0, 0.05) is 16.3 Å². The third kappa shape index (κ3) is 3.48. The number of nitrogen functional groups attached to an aromatic ring is 1. The minimum absolute atomic E-state index is 0.0915. The summed E-state index contributed by atoms with van der Waals surface area (Å²) in [7, 11) is 0. The van der Waals surface area contributed by atoms with E-state index in [1.54, 1.807) is 36.4 Å². The maximum Gasteiger partial charge on any atom is 0.251 e. The Morgan fingerprint density at radius 2 is 1.89 bits per heavy atom. The van der Waals surface area contributed by atoms with Crippen molar-refractivity contribution >= 4 is 23.2 Å². The van der Waals surface area contributed by atoms with Gasteiger partial charge in [0.25, 0.3) is 5.91 Å². The Morgan fingerprint density at radius 3 is 2.53 bits per heavy atom. The lowest BCUT2D eigenvalue weighted by molar-refractivity contribution is 0.0940. The van der Waals surface area contributed by atoms with Crippen LogP contribution >= 0.6 is 11.6 Å².